The number of hydrogen-bond donors (Lipinski definition) is 4. The molecule has 0 spiro atoms. The van der Waals surface area contributed by atoms with Gasteiger partial charge in [-0.05, 0) is 35.7 Å². The zero-order valence-corrected chi connectivity index (χ0v) is 16.5. The van der Waals surface area contributed by atoms with Gasteiger partial charge < -0.3 is 20.9 Å². The van der Waals surface area contributed by atoms with Gasteiger partial charge in [-0.15, -0.1) is 0 Å². The molecule has 3 aromatic rings. The molecule has 0 fully saturated rings. The van der Waals surface area contributed by atoms with Crippen molar-refractivity contribution in [3.63, 3.8) is 0 Å². The van der Waals surface area contributed by atoms with Gasteiger partial charge in [0.15, 0.2) is 5.96 Å². The monoisotopic (exact) mass is 395 g/mol. The molecule has 152 valence electrons. The molecule has 7 heteroatoms. The summed E-state index contributed by atoms with van der Waals surface area (Å²) in [6, 6.07) is 14.6. The van der Waals surface area contributed by atoms with Crippen molar-refractivity contribution in [3.8, 4) is 0 Å². The van der Waals surface area contributed by atoms with E-state index in [0.29, 0.717) is 32.0 Å². The summed E-state index contributed by atoms with van der Waals surface area (Å²) in [4.78, 5) is 19.2. The number of H-pyrrole nitrogens is 1. The van der Waals surface area contributed by atoms with Crippen molar-refractivity contribution in [2.75, 3.05) is 20.1 Å². The number of aliphatic imine (C=N–C) groups is 1. The summed E-state index contributed by atoms with van der Waals surface area (Å²) in [6.45, 7) is 1.69. The predicted molar refractivity (Wildman–Crippen MR) is 114 cm³/mol. The quantitative estimate of drug-likeness (QED) is 0.350. The van der Waals surface area contributed by atoms with Crippen molar-refractivity contribution >= 4 is 22.8 Å². The molecule has 0 atom stereocenters. The summed E-state index contributed by atoms with van der Waals surface area (Å²) in [6.07, 6.45) is 3.03. The van der Waals surface area contributed by atoms with Crippen LogP contribution in [0.5, 0.6) is 0 Å². The smallest absolute Gasteiger partial charge is 0.222 e. The Balaban J connectivity index is 1.36. The summed E-state index contributed by atoms with van der Waals surface area (Å²) in [5, 5.41) is 10.3. The second kappa shape index (κ2) is 10.3. The third kappa shape index (κ3) is 6.07. The SMILES string of the molecule is CN=C(NCCC(=O)NCc1ccccc1)NCCc1c[nH]c2cc(F)ccc12. The molecular weight excluding hydrogens is 369 g/mol. The van der Waals surface area contributed by atoms with Gasteiger partial charge in [0.25, 0.3) is 0 Å². The summed E-state index contributed by atoms with van der Waals surface area (Å²) >= 11 is 0. The van der Waals surface area contributed by atoms with Crippen LogP contribution in [0.2, 0.25) is 0 Å². The molecule has 1 aromatic heterocycles. The summed E-state index contributed by atoms with van der Waals surface area (Å²) in [5.74, 6) is 0.385. The van der Waals surface area contributed by atoms with Gasteiger partial charge in [0.05, 0.1) is 0 Å². The Kier molecular flexibility index (Phi) is 7.22. The number of benzene rings is 2. The lowest BCUT2D eigenvalue weighted by Gasteiger charge is -2.12. The molecule has 6 nitrogen and oxygen atoms in total. The lowest BCUT2D eigenvalue weighted by atomic mass is 10.1. The minimum Gasteiger partial charge on any atom is -0.361 e. The van der Waals surface area contributed by atoms with Gasteiger partial charge in [-0.1, -0.05) is 30.3 Å². The average Bonchev–Trinajstić information content (AvgIpc) is 3.13. The van der Waals surface area contributed by atoms with Crippen molar-refractivity contribution in [2.45, 2.75) is 19.4 Å². The Morgan fingerprint density at radius 3 is 2.66 bits per heavy atom. The number of nitrogens with zero attached hydrogens (tertiary/aromatic N) is 1. The minimum absolute atomic E-state index is 0.0113. The fraction of sp³-hybridized carbons (Fsp3) is 0.273. The van der Waals surface area contributed by atoms with E-state index < -0.39 is 0 Å². The van der Waals surface area contributed by atoms with E-state index in [1.54, 1.807) is 13.1 Å². The normalized spacial score (nSPS) is 11.4. The van der Waals surface area contributed by atoms with Gasteiger partial charge in [0, 0.05) is 50.2 Å². The number of guanidine groups is 1. The lowest BCUT2D eigenvalue weighted by molar-refractivity contribution is -0.121. The van der Waals surface area contributed by atoms with E-state index in [2.05, 4.69) is 25.9 Å². The molecule has 1 amide bonds. The number of carbonyl (C=O) groups is 1. The van der Waals surface area contributed by atoms with Gasteiger partial charge in [-0.3, -0.25) is 9.79 Å². The number of hydrogen-bond acceptors (Lipinski definition) is 2. The van der Waals surface area contributed by atoms with Crippen LogP contribution in [0.4, 0.5) is 4.39 Å². The number of fused-ring (bicyclic) bond motifs is 1. The van der Waals surface area contributed by atoms with Crippen LogP contribution in [0.1, 0.15) is 17.5 Å². The number of aromatic amines is 1. The topological polar surface area (TPSA) is 81.3 Å². The number of carbonyl (C=O) groups excluding carboxylic acids is 1. The molecule has 0 aliphatic rings. The zero-order valence-electron chi connectivity index (χ0n) is 16.5. The number of aromatic nitrogens is 1. The molecule has 29 heavy (non-hydrogen) atoms. The first-order valence-electron chi connectivity index (χ1n) is 9.66. The van der Waals surface area contributed by atoms with E-state index in [0.717, 1.165) is 28.5 Å². The highest BCUT2D eigenvalue weighted by Crippen LogP contribution is 2.19. The second-order valence-electron chi connectivity index (χ2n) is 6.69. The Bertz CT molecular complexity index is 968. The van der Waals surface area contributed by atoms with Crippen LogP contribution in [-0.4, -0.2) is 37.0 Å². The van der Waals surface area contributed by atoms with Crippen molar-refractivity contribution in [1.29, 1.82) is 0 Å². The van der Waals surface area contributed by atoms with Crippen LogP contribution < -0.4 is 16.0 Å². The zero-order chi connectivity index (χ0) is 20.5. The summed E-state index contributed by atoms with van der Waals surface area (Å²) in [5.41, 5.74) is 2.98. The second-order valence-corrected chi connectivity index (χ2v) is 6.69. The molecule has 0 radical (unpaired) electrons. The number of halogens is 1. The molecule has 0 bridgehead atoms. The molecular formula is C22H26FN5O. The van der Waals surface area contributed by atoms with Crippen LogP contribution >= 0.6 is 0 Å². The maximum atomic E-state index is 13.3. The first kappa shape index (κ1) is 20.4. The highest BCUT2D eigenvalue weighted by atomic mass is 19.1. The van der Waals surface area contributed by atoms with Crippen molar-refractivity contribution in [1.82, 2.24) is 20.9 Å². The fourth-order valence-electron chi connectivity index (χ4n) is 3.08. The van der Waals surface area contributed by atoms with E-state index in [9.17, 15) is 9.18 Å². The molecule has 0 aliphatic heterocycles. The van der Waals surface area contributed by atoms with Gasteiger partial charge in [-0.2, -0.15) is 0 Å². The number of nitrogens with one attached hydrogen (secondary N) is 4. The van der Waals surface area contributed by atoms with Gasteiger partial charge in [0.2, 0.25) is 5.91 Å². The van der Waals surface area contributed by atoms with Crippen molar-refractivity contribution in [2.24, 2.45) is 4.99 Å². The molecule has 0 unspecified atom stereocenters. The fourth-order valence-corrected chi connectivity index (χ4v) is 3.08. The van der Waals surface area contributed by atoms with Crippen LogP contribution in [0.25, 0.3) is 10.9 Å². The van der Waals surface area contributed by atoms with E-state index in [1.165, 1.54) is 12.1 Å². The lowest BCUT2D eigenvalue weighted by Crippen LogP contribution is -2.40. The first-order chi connectivity index (χ1) is 14.2. The Morgan fingerprint density at radius 1 is 1.07 bits per heavy atom. The maximum Gasteiger partial charge on any atom is 0.222 e. The summed E-state index contributed by atoms with van der Waals surface area (Å²) in [7, 11) is 1.69. The predicted octanol–water partition coefficient (Wildman–Crippen LogP) is 2.72. The number of rotatable bonds is 8. The molecule has 0 aliphatic carbocycles. The average molecular weight is 395 g/mol. The van der Waals surface area contributed by atoms with Gasteiger partial charge in [0.1, 0.15) is 5.82 Å². The van der Waals surface area contributed by atoms with Crippen molar-refractivity contribution in [3.05, 3.63) is 71.7 Å². The molecule has 0 saturated heterocycles. The standard InChI is InChI=1S/C22H26FN5O/c1-24-22(26-12-10-21(29)28-14-16-5-3-2-4-6-16)25-11-9-17-15-27-20-13-18(23)7-8-19(17)20/h2-8,13,15,27H,9-12,14H2,1H3,(H,28,29)(H2,24,25,26). The van der Waals surface area contributed by atoms with E-state index in [4.69, 9.17) is 0 Å². The van der Waals surface area contributed by atoms with Crippen LogP contribution in [0.15, 0.2) is 59.7 Å². The third-order valence-corrected chi connectivity index (χ3v) is 4.62. The summed E-state index contributed by atoms with van der Waals surface area (Å²) < 4.78 is 13.3. The van der Waals surface area contributed by atoms with Crippen LogP contribution in [-0.2, 0) is 17.8 Å². The minimum atomic E-state index is -0.249. The van der Waals surface area contributed by atoms with Crippen LogP contribution in [0, 0.1) is 5.82 Å². The largest absolute Gasteiger partial charge is 0.361 e. The Labute approximate surface area is 169 Å². The maximum absolute atomic E-state index is 13.3. The number of amides is 1. The first-order valence-corrected chi connectivity index (χ1v) is 9.66. The Morgan fingerprint density at radius 2 is 1.86 bits per heavy atom. The van der Waals surface area contributed by atoms with E-state index >= 15 is 0 Å². The van der Waals surface area contributed by atoms with Gasteiger partial charge >= 0.3 is 0 Å². The molecule has 1 heterocycles. The highest BCUT2D eigenvalue weighted by molar-refractivity contribution is 5.83. The molecule has 4 N–H and O–H groups in total. The highest BCUT2D eigenvalue weighted by Gasteiger charge is 2.06. The third-order valence-electron chi connectivity index (χ3n) is 4.62. The van der Waals surface area contributed by atoms with Crippen molar-refractivity contribution < 1.29 is 9.18 Å². The molecule has 2 aromatic carbocycles. The molecule has 0 saturated carbocycles. The van der Waals surface area contributed by atoms with E-state index in [1.807, 2.05) is 36.5 Å². The van der Waals surface area contributed by atoms with Gasteiger partial charge in [-0.25, -0.2) is 4.39 Å². The Hall–Kier alpha value is -3.35. The molecule has 3 rings (SSSR count). The van der Waals surface area contributed by atoms with Crippen LogP contribution in [0.3, 0.4) is 0 Å². The van der Waals surface area contributed by atoms with E-state index in [-0.39, 0.29) is 11.7 Å².